The molecule has 1 aliphatic heterocycles. The van der Waals surface area contributed by atoms with Crippen LogP contribution in [0.2, 0.25) is 0 Å². The van der Waals surface area contributed by atoms with Crippen molar-refractivity contribution in [3.05, 3.63) is 48.2 Å². The van der Waals surface area contributed by atoms with Crippen molar-refractivity contribution in [1.82, 2.24) is 25.3 Å². The van der Waals surface area contributed by atoms with E-state index in [9.17, 15) is 4.79 Å². The summed E-state index contributed by atoms with van der Waals surface area (Å²) >= 11 is 0. The number of rotatable bonds is 11. The van der Waals surface area contributed by atoms with Gasteiger partial charge in [-0.05, 0) is 63.5 Å². The normalized spacial score (nSPS) is 13.8. The maximum atomic E-state index is 15.2. The van der Waals surface area contributed by atoms with E-state index in [0.717, 1.165) is 31.7 Å². The second-order valence-electron chi connectivity index (χ2n) is 9.27. The van der Waals surface area contributed by atoms with Gasteiger partial charge in [0.1, 0.15) is 6.33 Å². The number of nitrogens with one attached hydrogen (secondary N) is 2. The molecule has 1 amide bonds. The molecule has 1 fully saturated rings. The molecule has 0 aliphatic carbocycles. The average Bonchev–Trinajstić information content (AvgIpc) is 3.58. The van der Waals surface area contributed by atoms with E-state index in [0.29, 0.717) is 39.9 Å². The lowest BCUT2D eigenvalue weighted by atomic mass is 10.2. The highest BCUT2D eigenvalue weighted by Gasteiger charge is 2.18. The van der Waals surface area contributed by atoms with Crippen LogP contribution in [-0.4, -0.2) is 63.8 Å². The van der Waals surface area contributed by atoms with Gasteiger partial charge in [-0.1, -0.05) is 0 Å². The minimum absolute atomic E-state index is 0.00402. The molecule has 0 radical (unpaired) electrons. The number of hydrogen-bond donors (Lipinski definition) is 3. The van der Waals surface area contributed by atoms with Gasteiger partial charge in [0, 0.05) is 29.2 Å². The number of amides is 1. The van der Waals surface area contributed by atoms with Gasteiger partial charge in [0.2, 0.25) is 11.8 Å². The van der Waals surface area contributed by atoms with Crippen molar-refractivity contribution in [2.75, 3.05) is 32.8 Å². The lowest BCUT2D eigenvalue weighted by Gasteiger charge is -2.17. The van der Waals surface area contributed by atoms with Gasteiger partial charge in [-0.2, -0.15) is 0 Å². The number of carbonyl (C=O) groups is 1. The van der Waals surface area contributed by atoms with Crippen molar-refractivity contribution < 1.29 is 28.6 Å². The van der Waals surface area contributed by atoms with E-state index in [4.69, 9.17) is 19.4 Å². The summed E-state index contributed by atoms with van der Waals surface area (Å²) in [7, 11) is 0. The largest absolute Gasteiger partial charge is 0.490 e. The number of fused-ring (bicyclic) bond motifs is 2. The highest BCUT2D eigenvalue weighted by Crippen LogP contribution is 2.37. The molecule has 3 N–H and O–H groups in total. The van der Waals surface area contributed by atoms with Crippen LogP contribution in [0.1, 0.15) is 31.4 Å². The van der Waals surface area contributed by atoms with E-state index in [1.54, 1.807) is 35.8 Å². The number of H-pyrrole nitrogens is 1. The number of benzene rings is 2. The summed E-state index contributed by atoms with van der Waals surface area (Å²) in [5.41, 5.74) is 3.63. The summed E-state index contributed by atoms with van der Waals surface area (Å²) in [6, 6.07) is 8.39. The fourth-order valence-corrected chi connectivity index (χ4v) is 4.60. The van der Waals surface area contributed by atoms with Crippen LogP contribution in [0.15, 0.2) is 36.7 Å². The van der Waals surface area contributed by atoms with Crippen molar-refractivity contribution in [2.24, 2.45) is 0 Å². The zero-order valence-electron chi connectivity index (χ0n) is 21.1. The Morgan fingerprint density at radius 3 is 2.68 bits per heavy atom. The number of nitrogens with zero attached hydrogens (tertiary/aromatic N) is 3. The van der Waals surface area contributed by atoms with E-state index in [1.165, 1.54) is 19.2 Å². The molecule has 0 unspecified atom stereocenters. The molecule has 0 saturated carbocycles. The molecule has 0 spiro atoms. The van der Waals surface area contributed by atoms with Crippen molar-refractivity contribution in [3.63, 3.8) is 0 Å². The van der Waals surface area contributed by atoms with Crippen LogP contribution < -0.4 is 19.7 Å². The SMILES string of the molecule is Cc1cc2c(F)c(Oc3ncnc4cc(OCCCN5CCCC5)c(OCCC(=O)NO)cc34)ccc2[nH]1. The molecule has 5 rings (SSSR count). The summed E-state index contributed by atoms with van der Waals surface area (Å²) in [5.74, 6) is -0.0652. The highest BCUT2D eigenvalue weighted by atomic mass is 19.1. The number of likely N-dealkylation sites (tertiary alicyclic amines) is 1. The Bertz CT molecular complexity index is 1440. The number of halogens is 1. The zero-order valence-corrected chi connectivity index (χ0v) is 21.1. The topological polar surface area (TPSA) is 122 Å². The van der Waals surface area contributed by atoms with Crippen LogP contribution in [0.3, 0.4) is 0 Å². The number of aromatic nitrogens is 3. The maximum Gasteiger partial charge on any atom is 0.246 e. The number of hydroxylamine groups is 1. The molecule has 2 aromatic carbocycles. The minimum atomic E-state index is -0.572. The van der Waals surface area contributed by atoms with Gasteiger partial charge >= 0.3 is 0 Å². The second kappa shape index (κ2) is 11.6. The Hall–Kier alpha value is -3.96. The van der Waals surface area contributed by atoms with Crippen molar-refractivity contribution in [3.8, 4) is 23.1 Å². The molecule has 3 heterocycles. The number of aromatic amines is 1. The summed E-state index contributed by atoms with van der Waals surface area (Å²) in [6.07, 6.45) is 4.61. The Kier molecular flexibility index (Phi) is 7.85. The number of aryl methyl sites for hydroxylation is 1. The van der Waals surface area contributed by atoms with E-state index in [-0.39, 0.29) is 24.7 Å². The Morgan fingerprint density at radius 1 is 1.08 bits per heavy atom. The van der Waals surface area contributed by atoms with Crippen LogP contribution in [-0.2, 0) is 4.79 Å². The Balaban J connectivity index is 1.40. The third-order valence-corrected chi connectivity index (χ3v) is 6.49. The second-order valence-corrected chi connectivity index (χ2v) is 9.27. The van der Waals surface area contributed by atoms with Crippen LogP contribution in [0.4, 0.5) is 4.39 Å². The summed E-state index contributed by atoms with van der Waals surface area (Å²) in [5, 5.41) is 9.69. The van der Waals surface area contributed by atoms with Crippen molar-refractivity contribution in [2.45, 2.75) is 32.6 Å². The van der Waals surface area contributed by atoms with E-state index in [1.807, 2.05) is 6.92 Å². The highest BCUT2D eigenvalue weighted by molar-refractivity contribution is 5.87. The monoisotopic (exact) mass is 523 g/mol. The van der Waals surface area contributed by atoms with E-state index in [2.05, 4.69) is 19.9 Å². The average molecular weight is 524 g/mol. The first-order chi connectivity index (χ1) is 18.5. The number of carbonyl (C=O) groups excluding carboxylic acids is 1. The lowest BCUT2D eigenvalue weighted by molar-refractivity contribution is -0.129. The van der Waals surface area contributed by atoms with Crippen LogP contribution in [0.25, 0.3) is 21.8 Å². The van der Waals surface area contributed by atoms with Gasteiger partial charge < -0.3 is 24.1 Å². The van der Waals surface area contributed by atoms with Gasteiger partial charge in [-0.3, -0.25) is 10.0 Å². The molecule has 11 heteroatoms. The maximum absolute atomic E-state index is 15.2. The molecule has 0 bridgehead atoms. The van der Waals surface area contributed by atoms with Gasteiger partial charge in [0.25, 0.3) is 0 Å². The molecule has 1 saturated heterocycles. The van der Waals surface area contributed by atoms with E-state index < -0.39 is 11.7 Å². The molecule has 4 aromatic rings. The third-order valence-electron chi connectivity index (χ3n) is 6.49. The quantitative estimate of drug-likeness (QED) is 0.149. The van der Waals surface area contributed by atoms with Crippen molar-refractivity contribution in [1.29, 1.82) is 0 Å². The minimum Gasteiger partial charge on any atom is -0.490 e. The van der Waals surface area contributed by atoms with Crippen LogP contribution >= 0.6 is 0 Å². The Morgan fingerprint density at radius 2 is 1.87 bits per heavy atom. The summed E-state index contributed by atoms with van der Waals surface area (Å²) in [6.45, 7) is 5.53. The molecule has 38 heavy (non-hydrogen) atoms. The predicted octanol–water partition coefficient (Wildman–Crippen LogP) is 4.49. The fraction of sp³-hybridized carbons (Fsp3) is 0.370. The summed E-state index contributed by atoms with van der Waals surface area (Å²) < 4.78 is 33.0. The van der Waals surface area contributed by atoms with Gasteiger partial charge in [0.05, 0.1) is 30.5 Å². The fourth-order valence-electron chi connectivity index (χ4n) is 4.60. The van der Waals surface area contributed by atoms with E-state index >= 15 is 4.39 Å². The molecule has 0 atom stereocenters. The van der Waals surface area contributed by atoms with Gasteiger partial charge in [-0.25, -0.2) is 19.8 Å². The number of ether oxygens (including phenoxy) is 3. The number of hydrogen-bond acceptors (Lipinski definition) is 8. The van der Waals surface area contributed by atoms with Crippen LogP contribution in [0.5, 0.6) is 23.1 Å². The Labute approximate surface area is 218 Å². The third kappa shape index (κ3) is 5.79. The van der Waals surface area contributed by atoms with Gasteiger partial charge in [0.15, 0.2) is 23.1 Å². The molecular formula is C27H30FN5O5. The first kappa shape index (κ1) is 25.7. The van der Waals surface area contributed by atoms with Gasteiger partial charge in [-0.15, -0.1) is 0 Å². The first-order valence-electron chi connectivity index (χ1n) is 12.7. The molecule has 200 valence electrons. The lowest BCUT2D eigenvalue weighted by Crippen LogP contribution is -2.22. The zero-order chi connectivity index (χ0) is 26.5. The molecular weight excluding hydrogens is 493 g/mol. The van der Waals surface area contributed by atoms with Crippen LogP contribution in [0, 0.1) is 12.7 Å². The summed E-state index contributed by atoms with van der Waals surface area (Å²) in [4.78, 5) is 25.6. The first-order valence-corrected chi connectivity index (χ1v) is 12.7. The standard InChI is InChI=1S/C27H30FN5O5/c1-17-13-18-20(31-17)5-6-22(26(18)28)38-27-19-14-23(37-12-7-25(34)32-35)24(15-21(19)29-16-30-27)36-11-4-10-33-8-2-3-9-33/h5-6,13-16,31,35H,2-4,7-12H2,1H3,(H,32,34). The molecule has 2 aromatic heterocycles. The van der Waals surface area contributed by atoms with Crippen molar-refractivity contribution >= 4 is 27.7 Å². The molecule has 1 aliphatic rings. The molecule has 10 nitrogen and oxygen atoms in total. The predicted molar refractivity (Wildman–Crippen MR) is 138 cm³/mol. The smallest absolute Gasteiger partial charge is 0.246 e.